The Morgan fingerprint density at radius 3 is 3.00 bits per heavy atom. The number of rotatable bonds is 9. The number of thiazole rings is 1. The minimum absolute atomic E-state index is 0.570. The van der Waals surface area contributed by atoms with Crippen molar-refractivity contribution >= 4 is 11.3 Å². The average Bonchev–Trinajstić information content (AvgIpc) is 2.72. The number of aromatic nitrogens is 1. The Balaban J connectivity index is 2.41. The van der Waals surface area contributed by atoms with Crippen molar-refractivity contribution in [2.24, 2.45) is 0 Å². The smallest absolute Gasteiger partial charge is 0.0943 e. The Morgan fingerprint density at radius 1 is 1.59 bits per heavy atom. The molecular weight excluding hydrogens is 228 g/mol. The molecule has 0 fully saturated rings. The van der Waals surface area contributed by atoms with E-state index in [9.17, 15) is 0 Å². The molecule has 1 heterocycles. The molecule has 1 atom stereocenters. The quantitative estimate of drug-likeness (QED) is 0.535. The zero-order valence-corrected chi connectivity index (χ0v) is 11.9. The molecule has 1 aromatic rings. The number of aryl methyl sites for hydroxylation is 1. The molecule has 96 valence electrons. The third-order valence-corrected chi connectivity index (χ3v) is 3.72. The Morgan fingerprint density at radius 2 is 2.41 bits per heavy atom. The van der Waals surface area contributed by atoms with Gasteiger partial charge in [-0.3, -0.25) is 0 Å². The van der Waals surface area contributed by atoms with Gasteiger partial charge >= 0.3 is 0 Å². The standard InChI is InChI=1S/C14H24N2S/c1-4-6-7-8-13(15-9-5-2)10-14-16-12(3)11-17-14/h4,11,13,15H,1,5-10H2,2-3H3. The predicted molar refractivity (Wildman–Crippen MR) is 76.7 cm³/mol. The van der Waals surface area contributed by atoms with Crippen molar-refractivity contribution in [2.45, 2.75) is 52.0 Å². The van der Waals surface area contributed by atoms with Crippen LogP contribution in [0.15, 0.2) is 18.0 Å². The van der Waals surface area contributed by atoms with Crippen molar-refractivity contribution in [3.63, 3.8) is 0 Å². The number of nitrogens with zero attached hydrogens (tertiary/aromatic N) is 1. The Kier molecular flexibility index (Phi) is 7.13. The summed E-state index contributed by atoms with van der Waals surface area (Å²) in [7, 11) is 0. The summed E-state index contributed by atoms with van der Waals surface area (Å²) in [6.45, 7) is 9.15. The normalized spacial score (nSPS) is 12.6. The minimum Gasteiger partial charge on any atom is -0.314 e. The molecule has 0 amide bonds. The van der Waals surface area contributed by atoms with E-state index >= 15 is 0 Å². The van der Waals surface area contributed by atoms with E-state index in [4.69, 9.17) is 0 Å². The van der Waals surface area contributed by atoms with Crippen LogP contribution in [0.1, 0.15) is 43.3 Å². The van der Waals surface area contributed by atoms with Crippen LogP contribution in [0.4, 0.5) is 0 Å². The fourth-order valence-corrected chi connectivity index (χ4v) is 2.69. The molecule has 0 aliphatic carbocycles. The highest BCUT2D eigenvalue weighted by atomic mass is 32.1. The summed E-state index contributed by atoms with van der Waals surface area (Å²) >= 11 is 1.78. The van der Waals surface area contributed by atoms with Crippen molar-refractivity contribution in [2.75, 3.05) is 6.54 Å². The average molecular weight is 252 g/mol. The van der Waals surface area contributed by atoms with Crippen LogP contribution in [0, 0.1) is 6.92 Å². The van der Waals surface area contributed by atoms with Gasteiger partial charge in [-0.05, 0) is 39.2 Å². The van der Waals surface area contributed by atoms with Crippen molar-refractivity contribution < 1.29 is 0 Å². The van der Waals surface area contributed by atoms with Gasteiger partial charge in [0, 0.05) is 23.5 Å². The fraction of sp³-hybridized carbons (Fsp3) is 0.643. The lowest BCUT2D eigenvalue weighted by atomic mass is 10.1. The van der Waals surface area contributed by atoms with Crippen LogP contribution in [0.3, 0.4) is 0 Å². The highest BCUT2D eigenvalue weighted by Crippen LogP contribution is 2.14. The molecule has 0 bridgehead atoms. The van der Waals surface area contributed by atoms with Crippen molar-refractivity contribution in [1.29, 1.82) is 0 Å². The molecule has 0 spiro atoms. The van der Waals surface area contributed by atoms with Crippen LogP contribution < -0.4 is 5.32 Å². The second kappa shape index (κ2) is 8.43. The second-order valence-corrected chi connectivity index (χ2v) is 5.40. The van der Waals surface area contributed by atoms with Gasteiger partial charge in [-0.2, -0.15) is 0 Å². The van der Waals surface area contributed by atoms with Gasteiger partial charge in [-0.15, -0.1) is 17.9 Å². The number of unbranched alkanes of at least 4 members (excludes halogenated alkanes) is 1. The molecule has 0 saturated carbocycles. The van der Waals surface area contributed by atoms with Gasteiger partial charge in [-0.1, -0.05) is 13.0 Å². The lowest BCUT2D eigenvalue weighted by Crippen LogP contribution is -2.31. The minimum atomic E-state index is 0.570. The third kappa shape index (κ3) is 5.99. The van der Waals surface area contributed by atoms with Gasteiger partial charge in [0.15, 0.2) is 0 Å². The second-order valence-electron chi connectivity index (χ2n) is 4.46. The molecule has 0 aliphatic heterocycles. The van der Waals surface area contributed by atoms with E-state index in [2.05, 4.69) is 36.1 Å². The van der Waals surface area contributed by atoms with E-state index in [1.165, 1.54) is 24.3 Å². The van der Waals surface area contributed by atoms with Crippen LogP contribution in [0.25, 0.3) is 0 Å². The van der Waals surface area contributed by atoms with Crippen LogP contribution in [-0.2, 0) is 6.42 Å². The van der Waals surface area contributed by atoms with Gasteiger partial charge in [0.1, 0.15) is 0 Å². The molecule has 1 N–H and O–H groups in total. The maximum Gasteiger partial charge on any atom is 0.0943 e. The van der Waals surface area contributed by atoms with Crippen LogP contribution in [-0.4, -0.2) is 17.6 Å². The third-order valence-electron chi connectivity index (χ3n) is 2.73. The van der Waals surface area contributed by atoms with Crippen LogP contribution >= 0.6 is 11.3 Å². The number of hydrogen-bond acceptors (Lipinski definition) is 3. The first-order valence-electron chi connectivity index (χ1n) is 6.51. The maximum absolute atomic E-state index is 4.55. The first kappa shape index (κ1) is 14.4. The molecule has 0 radical (unpaired) electrons. The summed E-state index contributed by atoms with van der Waals surface area (Å²) in [5, 5.41) is 7.01. The first-order valence-corrected chi connectivity index (χ1v) is 7.39. The zero-order chi connectivity index (χ0) is 12.5. The maximum atomic E-state index is 4.55. The molecular formula is C14H24N2S. The van der Waals surface area contributed by atoms with E-state index in [0.29, 0.717) is 6.04 Å². The largest absolute Gasteiger partial charge is 0.314 e. The Bertz CT molecular complexity index is 320. The lowest BCUT2D eigenvalue weighted by Gasteiger charge is -2.16. The van der Waals surface area contributed by atoms with E-state index in [0.717, 1.165) is 25.1 Å². The molecule has 17 heavy (non-hydrogen) atoms. The Hall–Kier alpha value is -0.670. The first-order chi connectivity index (χ1) is 8.26. The molecule has 1 rings (SSSR count). The predicted octanol–water partition coefficient (Wildman–Crippen LogP) is 3.72. The van der Waals surface area contributed by atoms with Gasteiger partial charge in [0.25, 0.3) is 0 Å². The van der Waals surface area contributed by atoms with E-state index in [1.807, 2.05) is 6.08 Å². The number of allylic oxidation sites excluding steroid dienone is 1. The van der Waals surface area contributed by atoms with Crippen molar-refractivity contribution in [3.8, 4) is 0 Å². The van der Waals surface area contributed by atoms with Gasteiger partial charge in [-0.25, -0.2) is 4.98 Å². The Labute approximate surface area is 109 Å². The van der Waals surface area contributed by atoms with Crippen LogP contribution in [0.2, 0.25) is 0 Å². The molecule has 0 aliphatic rings. The van der Waals surface area contributed by atoms with Gasteiger partial charge < -0.3 is 5.32 Å². The van der Waals surface area contributed by atoms with E-state index in [1.54, 1.807) is 11.3 Å². The van der Waals surface area contributed by atoms with Crippen molar-refractivity contribution in [1.82, 2.24) is 10.3 Å². The molecule has 0 aromatic carbocycles. The van der Waals surface area contributed by atoms with Gasteiger partial charge in [0.05, 0.1) is 5.01 Å². The fourth-order valence-electron chi connectivity index (χ4n) is 1.84. The van der Waals surface area contributed by atoms with Crippen LogP contribution in [0.5, 0.6) is 0 Å². The summed E-state index contributed by atoms with van der Waals surface area (Å²) in [6.07, 6.45) is 7.80. The van der Waals surface area contributed by atoms with Crippen molar-refractivity contribution in [3.05, 3.63) is 28.7 Å². The van der Waals surface area contributed by atoms with E-state index in [-0.39, 0.29) is 0 Å². The van der Waals surface area contributed by atoms with Gasteiger partial charge in [0.2, 0.25) is 0 Å². The highest BCUT2D eigenvalue weighted by Gasteiger charge is 2.10. The number of nitrogens with one attached hydrogen (secondary N) is 1. The topological polar surface area (TPSA) is 24.9 Å². The summed E-state index contributed by atoms with van der Waals surface area (Å²) in [4.78, 5) is 4.55. The monoisotopic (exact) mass is 252 g/mol. The molecule has 1 aromatic heterocycles. The molecule has 1 unspecified atom stereocenters. The number of hydrogen-bond donors (Lipinski definition) is 1. The zero-order valence-electron chi connectivity index (χ0n) is 11.0. The summed E-state index contributed by atoms with van der Waals surface area (Å²) in [5.74, 6) is 0. The summed E-state index contributed by atoms with van der Waals surface area (Å²) < 4.78 is 0. The van der Waals surface area contributed by atoms with E-state index < -0.39 is 0 Å². The summed E-state index contributed by atoms with van der Waals surface area (Å²) in [6, 6.07) is 0.570. The summed E-state index contributed by atoms with van der Waals surface area (Å²) in [5.41, 5.74) is 1.14. The lowest BCUT2D eigenvalue weighted by molar-refractivity contribution is 0.465. The molecule has 3 heteroatoms. The highest BCUT2D eigenvalue weighted by molar-refractivity contribution is 7.09. The molecule has 0 saturated heterocycles. The molecule has 2 nitrogen and oxygen atoms in total. The SMILES string of the molecule is C=CCCCC(Cc1nc(C)cs1)NCCC.